The van der Waals surface area contributed by atoms with E-state index in [0.29, 0.717) is 48.0 Å². The van der Waals surface area contributed by atoms with Crippen molar-refractivity contribution >= 4 is 0 Å². The lowest BCUT2D eigenvalue weighted by Gasteiger charge is -2.16. The smallest absolute Gasteiger partial charge is 0.433 e. The largest absolute Gasteiger partial charge is 0.480 e. The molecule has 0 atom stereocenters. The number of pyridine rings is 1. The van der Waals surface area contributed by atoms with Gasteiger partial charge in [0.05, 0.1) is 30.7 Å². The standard InChI is InChI=1S/C20H26F3N3O2/c1-5-8-9-12-28-19-15(7-3)24-17(14(6-2)25-19)13-10-11-16(20(21,22)23)26-18(13)27-4/h10-11H,5-9,12H2,1-4H3. The predicted molar refractivity (Wildman–Crippen MR) is 101 cm³/mol. The van der Waals surface area contributed by atoms with Crippen LogP contribution in [0.15, 0.2) is 12.1 Å². The first-order valence-corrected chi connectivity index (χ1v) is 9.50. The number of alkyl halides is 3. The molecule has 0 N–H and O–H groups in total. The van der Waals surface area contributed by atoms with E-state index < -0.39 is 11.9 Å². The summed E-state index contributed by atoms with van der Waals surface area (Å²) in [6.07, 6.45) is -0.320. The maximum absolute atomic E-state index is 13.0. The van der Waals surface area contributed by atoms with Gasteiger partial charge in [-0.15, -0.1) is 0 Å². The maximum atomic E-state index is 13.0. The lowest BCUT2D eigenvalue weighted by Crippen LogP contribution is -2.11. The lowest BCUT2D eigenvalue weighted by atomic mass is 10.1. The van der Waals surface area contributed by atoms with E-state index in [1.54, 1.807) is 0 Å². The van der Waals surface area contributed by atoms with Gasteiger partial charge < -0.3 is 9.47 Å². The van der Waals surface area contributed by atoms with Gasteiger partial charge in [-0.05, 0) is 31.4 Å². The monoisotopic (exact) mass is 397 g/mol. The van der Waals surface area contributed by atoms with Crippen LogP contribution >= 0.6 is 0 Å². The SMILES string of the molecule is CCCCCOc1nc(CC)c(-c2ccc(C(F)(F)F)nc2OC)nc1CC. The molecule has 5 nitrogen and oxygen atoms in total. The third-order valence-corrected chi connectivity index (χ3v) is 4.26. The second kappa shape index (κ2) is 9.71. The average molecular weight is 397 g/mol. The summed E-state index contributed by atoms with van der Waals surface area (Å²) in [6, 6.07) is 2.26. The first-order valence-electron chi connectivity index (χ1n) is 9.50. The molecule has 0 amide bonds. The normalized spacial score (nSPS) is 11.5. The van der Waals surface area contributed by atoms with E-state index in [-0.39, 0.29) is 5.88 Å². The quantitative estimate of drug-likeness (QED) is 0.540. The van der Waals surface area contributed by atoms with E-state index in [4.69, 9.17) is 9.47 Å². The Morgan fingerprint density at radius 3 is 2.18 bits per heavy atom. The number of methoxy groups -OCH3 is 1. The summed E-state index contributed by atoms with van der Waals surface area (Å²) in [4.78, 5) is 12.9. The minimum atomic E-state index is -4.55. The first-order chi connectivity index (χ1) is 13.3. The molecular formula is C20H26F3N3O2. The summed E-state index contributed by atoms with van der Waals surface area (Å²) in [5.41, 5.74) is 1.13. The summed E-state index contributed by atoms with van der Waals surface area (Å²) in [5, 5.41) is 0. The van der Waals surface area contributed by atoms with Crippen molar-refractivity contribution in [2.24, 2.45) is 0 Å². The van der Waals surface area contributed by atoms with Gasteiger partial charge in [-0.2, -0.15) is 13.2 Å². The Hall–Kier alpha value is -2.38. The fourth-order valence-corrected chi connectivity index (χ4v) is 2.75. The number of ether oxygens (including phenoxy) is 2. The Morgan fingerprint density at radius 1 is 0.893 bits per heavy atom. The van der Waals surface area contributed by atoms with Crippen LogP contribution in [0.25, 0.3) is 11.3 Å². The van der Waals surface area contributed by atoms with Crippen LogP contribution in [0.3, 0.4) is 0 Å². The number of unbranched alkanes of at least 4 members (excludes halogenated alkanes) is 2. The number of hydrogen-bond donors (Lipinski definition) is 0. The molecule has 0 bridgehead atoms. The zero-order valence-corrected chi connectivity index (χ0v) is 16.7. The number of rotatable bonds is 9. The molecule has 0 aliphatic carbocycles. The van der Waals surface area contributed by atoms with E-state index in [2.05, 4.69) is 21.9 Å². The van der Waals surface area contributed by atoms with Crippen LogP contribution in [-0.4, -0.2) is 28.7 Å². The zero-order valence-electron chi connectivity index (χ0n) is 16.7. The third kappa shape index (κ3) is 5.11. The molecule has 0 fully saturated rings. The topological polar surface area (TPSA) is 57.1 Å². The Kier molecular flexibility index (Phi) is 7.60. The van der Waals surface area contributed by atoms with Gasteiger partial charge in [0, 0.05) is 0 Å². The lowest BCUT2D eigenvalue weighted by molar-refractivity contribution is -0.141. The van der Waals surface area contributed by atoms with Gasteiger partial charge >= 0.3 is 6.18 Å². The molecule has 0 radical (unpaired) electrons. The summed E-state index contributed by atoms with van der Waals surface area (Å²) < 4.78 is 49.8. The van der Waals surface area contributed by atoms with Crippen molar-refractivity contribution in [2.75, 3.05) is 13.7 Å². The molecule has 8 heteroatoms. The van der Waals surface area contributed by atoms with Crippen LogP contribution in [-0.2, 0) is 19.0 Å². The van der Waals surface area contributed by atoms with Gasteiger partial charge in [-0.1, -0.05) is 33.6 Å². The average Bonchev–Trinajstić information content (AvgIpc) is 2.69. The van der Waals surface area contributed by atoms with Crippen molar-refractivity contribution in [2.45, 2.75) is 59.1 Å². The van der Waals surface area contributed by atoms with E-state index in [1.165, 1.54) is 13.2 Å². The molecule has 0 aliphatic heterocycles. The fraction of sp³-hybridized carbons (Fsp3) is 0.550. The second-order valence-corrected chi connectivity index (χ2v) is 6.28. The highest BCUT2D eigenvalue weighted by atomic mass is 19.4. The van der Waals surface area contributed by atoms with Crippen LogP contribution in [0, 0.1) is 0 Å². The Balaban J connectivity index is 2.47. The van der Waals surface area contributed by atoms with Crippen LogP contribution in [0.2, 0.25) is 0 Å². The third-order valence-electron chi connectivity index (χ3n) is 4.26. The van der Waals surface area contributed by atoms with Crippen LogP contribution < -0.4 is 9.47 Å². The molecule has 0 saturated heterocycles. The molecule has 0 unspecified atom stereocenters. The molecule has 0 aromatic carbocycles. The minimum Gasteiger partial charge on any atom is -0.480 e. The van der Waals surface area contributed by atoms with E-state index in [0.717, 1.165) is 25.3 Å². The molecule has 2 heterocycles. The highest BCUT2D eigenvalue weighted by Crippen LogP contribution is 2.35. The summed E-state index contributed by atoms with van der Waals surface area (Å²) in [6.45, 7) is 6.51. The van der Waals surface area contributed by atoms with Gasteiger partial charge in [0.15, 0.2) is 0 Å². The predicted octanol–water partition coefficient (Wildman–Crippen LogP) is 5.26. The first kappa shape index (κ1) is 21.9. The number of hydrogen-bond acceptors (Lipinski definition) is 5. The van der Waals surface area contributed by atoms with Gasteiger partial charge in [0.2, 0.25) is 11.8 Å². The van der Waals surface area contributed by atoms with Gasteiger partial charge in [-0.25, -0.2) is 15.0 Å². The highest BCUT2D eigenvalue weighted by Gasteiger charge is 2.33. The van der Waals surface area contributed by atoms with Crippen molar-refractivity contribution in [1.82, 2.24) is 15.0 Å². The highest BCUT2D eigenvalue weighted by molar-refractivity contribution is 5.68. The fourth-order valence-electron chi connectivity index (χ4n) is 2.75. The van der Waals surface area contributed by atoms with Crippen molar-refractivity contribution in [3.63, 3.8) is 0 Å². The summed E-state index contributed by atoms with van der Waals surface area (Å²) in [5.74, 6) is 0.357. The number of aryl methyl sites for hydroxylation is 2. The zero-order chi connectivity index (χ0) is 20.7. The van der Waals surface area contributed by atoms with Crippen molar-refractivity contribution in [3.8, 4) is 23.0 Å². The minimum absolute atomic E-state index is 0.127. The summed E-state index contributed by atoms with van der Waals surface area (Å²) in [7, 11) is 1.29. The molecule has 28 heavy (non-hydrogen) atoms. The second-order valence-electron chi connectivity index (χ2n) is 6.28. The van der Waals surface area contributed by atoms with Crippen LogP contribution in [0.1, 0.15) is 57.1 Å². The Bertz CT molecular complexity index is 795. The number of nitrogens with zero attached hydrogens (tertiary/aromatic N) is 3. The molecule has 2 aromatic rings. The van der Waals surface area contributed by atoms with E-state index in [9.17, 15) is 13.2 Å². The van der Waals surface area contributed by atoms with Gasteiger partial charge in [-0.3, -0.25) is 0 Å². The number of halogens is 3. The van der Waals surface area contributed by atoms with Gasteiger partial charge in [0.1, 0.15) is 11.4 Å². The van der Waals surface area contributed by atoms with E-state index >= 15 is 0 Å². The van der Waals surface area contributed by atoms with Crippen LogP contribution in [0.5, 0.6) is 11.8 Å². The maximum Gasteiger partial charge on any atom is 0.433 e. The van der Waals surface area contributed by atoms with Crippen LogP contribution in [0.4, 0.5) is 13.2 Å². The Labute approximate surface area is 163 Å². The molecule has 2 rings (SSSR count). The van der Waals surface area contributed by atoms with Crippen molar-refractivity contribution < 1.29 is 22.6 Å². The molecule has 154 valence electrons. The van der Waals surface area contributed by atoms with Gasteiger partial charge in [0.25, 0.3) is 0 Å². The molecule has 0 saturated carbocycles. The number of aromatic nitrogens is 3. The molecule has 0 aliphatic rings. The molecule has 2 aromatic heterocycles. The van der Waals surface area contributed by atoms with Crippen molar-refractivity contribution in [1.29, 1.82) is 0 Å². The summed E-state index contributed by atoms with van der Waals surface area (Å²) >= 11 is 0. The van der Waals surface area contributed by atoms with Crippen molar-refractivity contribution in [3.05, 3.63) is 29.2 Å². The molecule has 0 spiro atoms. The Morgan fingerprint density at radius 2 is 1.61 bits per heavy atom. The molecular weight excluding hydrogens is 371 g/mol. The van der Waals surface area contributed by atoms with E-state index in [1.807, 2.05) is 13.8 Å².